The molecule has 0 amide bonds. The van der Waals surface area contributed by atoms with Gasteiger partial charge >= 0.3 is 0 Å². The molecule has 0 aliphatic heterocycles. The van der Waals surface area contributed by atoms with Gasteiger partial charge in [-0.1, -0.05) is 48.0 Å². The third-order valence-electron chi connectivity index (χ3n) is 3.38. The third kappa shape index (κ3) is 4.90. The second-order valence-corrected chi connectivity index (χ2v) is 5.22. The fraction of sp³-hybridized carbons (Fsp3) is 0.278. The van der Waals surface area contributed by atoms with Gasteiger partial charge in [0.15, 0.2) is 5.96 Å². The van der Waals surface area contributed by atoms with E-state index in [-0.39, 0.29) is 0 Å². The first-order valence-electron chi connectivity index (χ1n) is 7.38. The summed E-state index contributed by atoms with van der Waals surface area (Å²) in [6.07, 6.45) is 0.877. The van der Waals surface area contributed by atoms with Crippen LogP contribution < -0.4 is 11.1 Å². The second kappa shape index (κ2) is 8.20. The van der Waals surface area contributed by atoms with Crippen LogP contribution in [0.25, 0.3) is 0 Å². The first-order chi connectivity index (χ1) is 10.7. The summed E-state index contributed by atoms with van der Waals surface area (Å²) in [6, 6.07) is 16.4. The number of benzene rings is 2. The van der Waals surface area contributed by atoms with Crippen molar-refractivity contribution in [2.45, 2.75) is 20.0 Å². The number of ether oxygens (including phenoxy) is 1. The first kappa shape index (κ1) is 16.0. The lowest BCUT2D eigenvalue weighted by molar-refractivity contribution is 0.185. The van der Waals surface area contributed by atoms with Crippen LogP contribution in [0, 0.1) is 6.92 Å². The summed E-state index contributed by atoms with van der Waals surface area (Å²) in [4.78, 5) is 4.38. The Morgan fingerprint density at radius 2 is 1.86 bits per heavy atom. The van der Waals surface area contributed by atoms with Crippen molar-refractivity contribution < 1.29 is 4.74 Å². The van der Waals surface area contributed by atoms with Gasteiger partial charge in [-0.15, -0.1) is 0 Å². The molecule has 4 heteroatoms. The van der Waals surface area contributed by atoms with Crippen LogP contribution in [0.2, 0.25) is 0 Å². The normalized spacial score (nSPS) is 11.5. The molecule has 0 fully saturated rings. The lowest BCUT2D eigenvalue weighted by Gasteiger charge is -2.10. The van der Waals surface area contributed by atoms with Crippen molar-refractivity contribution in [3.63, 3.8) is 0 Å². The van der Waals surface area contributed by atoms with E-state index in [1.807, 2.05) is 24.3 Å². The number of hydrogen-bond donors (Lipinski definition) is 2. The zero-order valence-corrected chi connectivity index (χ0v) is 13.2. The average Bonchev–Trinajstić information content (AvgIpc) is 2.51. The quantitative estimate of drug-likeness (QED) is 0.636. The molecule has 0 aliphatic carbocycles. The molecular formula is C18H23N3O. The largest absolute Gasteiger partial charge is 0.380 e. The van der Waals surface area contributed by atoms with E-state index >= 15 is 0 Å². The first-order valence-corrected chi connectivity index (χ1v) is 7.38. The van der Waals surface area contributed by atoms with E-state index < -0.39 is 0 Å². The van der Waals surface area contributed by atoms with Crippen molar-refractivity contribution in [1.82, 2.24) is 0 Å². The molecule has 0 saturated carbocycles. The van der Waals surface area contributed by atoms with Crippen LogP contribution in [0.4, 0.5) is 5.69 Å². The Hall–Kier alpha value is -2.33. The maximum atomic E-state index is 5.96. The van der Waals surface area contributed by atoms with E-state index in [9.17, 15) is 0 Å². The molecule has 22 heavy (non-hydrogen) atoms. The molecule has 0 heterocycles. The van der Waals surface area contributed by atoms with Crippen molar-refractivity contribution in [3.8, 4) is 0 Å². The monoisotopic (exact) mass is 297 g/mol. The number of nitrogens with zero attached hydrogens (tertiary/aromatic N) is 1. The van der Waals surface area contributed by atoms with Crippen LogP contribution in [0.5, 0.6) is 0 Å². The van der Waals surface area contributed by atoms with Crippen LogP contribution in [-0.2, 0) is 17.8 Å². The molecule has 0 aromatic heterocycles. The van der Waals surface area contributed by atoms with Gasteiger partial charge in [0.05, 0.1) is 6.61 Å². The molecular weight excluding hydrogens is 274 g/mol. The highest BCUT2D eigenvalue weighted by molar-refractivity contribution is 5.92. The molecule has 3 N–H and O–H groups in total. The van der Waals surface area contributed by atoms with E-state index in [0.717, 1.165) is 17.7 Å². The molecule has 2 aromatic carbocycles. The zero-order valence-electron chi connectivity index (χ0n) is 13.2. The Kier molecular flexibility index (Phi) is 5.98. The second-order valence-electron chi connectivity index (χ2n) is 5.22. The van der Waals surface area contributed by atoms with Crippen LogP contribution in [0.1, 0.15) is 16.7 Å². The van der Waals surface area contributed by atoms with E-state index in [2.05, 4.69) is 41.5 Å². The van der Waals surface area contributed by atoms with Crippen molar-refractivity contribution in [3.05, 3.63) is 65.2 Å². The van der Waals surface area contributed by atoms with E-state index in [4.69, 9.17) is 10.5 Å². The SMILES string of the molecule is COCc1ccccc1NC(N)=NCCc1ccc(C)cc1. The van der Waals surface area contributed by atoms with Gasteiger partial charge in [0.25, 0.3) is 0 Å². The summed E-state index contributed by atoms with van der Waals surface area (Å²) in [7, 11) is 1.68. The Morgan fingerprint density at radius 3 is 2.59 bits per heavy atom. The average molecular weight is 297 g/mol. The molecule has 0 aliphatic rings. The Balaban J connectivity index is 1.91. The molecule has 0 bridgehead atoms. The predicted molar refractivity (Wildman–Crippen MR) is 92.2 cm³/mol. The standard InChI is InChI=1S/C18H23N3O/c1-14-7-9-15(10-8-14)11-12-20-18(19)21-17-6-4-3-5-16(17)13-22-2/h3-10H,11-13H2,1-2H3,(H3,19,20,21). The van der Waals surface area contributed by atoms with Crippen LogP contribution in [-0.4, -0.2) is 19.6 Å². The number of rotatable bonds is 6. The van der Waals surface area contributed by atoms with E-state index in [0.29, 0.717) is 19.1 Å². The molecule has 0 spiro atoms. The fourth-order valence-corrected chi connectivity index (χ4v) is 2.16. The van der Waals surface area contributed by atoms with Gasteiger partial charge in [-0.05, 0) is 25.0 Å². The van der Waals surface area contributed by atoms with Crippen molar-refractivity contribution >= 4 is 11.6 Å². The summed E-state index contributed by atoms with van der Waals surface area (Å²) < 4.78 is 5.18. The van der Waals surface area contributed by atoms with Gasteiger partial charge in [0.1, 0.15) is 0 Å². The van der Waals surface area contributed by atoms with Crippen molar-refractivity contribution in [2.75, 3.05) is 19.0 Å². The number of guanidine groups is 1. The minimum Gasteiger partial charge on any atom is -0.380 e. The topological polar surface area (TPSA) is 59.6 Å². The maximum absolute atomic E-state index is 5.96. The minimum atomic E-state index is 0.427. The van der Waals surface area contributed by atoms with Crippen LogP contribution in [0.3, 0.4) is 0 Å². The number of methoxy groups -OCH3 is 1. The molecule has 2 aromatic rings. The Bertz CT molecular complexity index is 620. The number of nitrogens with two attached hydrogens (primary N) is 1. The molecule has 0 radical (unpaired) electrons. The maximum Gasteiger partial charge on any atom is 0.193 e. The highest BCUT2D eigenvalue weighted by Crippen LogP contribution is 2.15. The lowest BCUT2D eigenvalue weighted by Crippen LogP contribution is -2.23. The number of nitrogens with one attached hydrogen (secondary N) is 1. The Labute approximate surface area is 132 Å². The van der Waals surface area contributed by atoms with Gasteiger partial charge in [-0.25, -0.2) is 0 Å². The number of aryl methyl sites for hydroxylation is 1. The van der Waals surface area contributed by atoms with Gasteiger partial charge in [0, 0.05) is 24.9 Å². The number of anilines is 1. The summed E-state index contributed by atoms with van der Waals surface area (Å²) in [5, 5.41) is 3.14. The lowest BCUT2D eigenvalue weighted by atomic mass is 10.1. The van der Waals surface area contributed by atoms with Crippen molar-refractivity contribution in [2.24, 2.45) is 10.7 Å². The smallest absolute Gasteiger partial charge is 0.193 e. The summed E-state index contributed by atoms with van der Waals surface area (Å²) in [6.45, 7) is 3.29. The van der Waals surface area contributed by atoms with Gasteiger partial charge < -0.3 is 15.8 Å². The van der Waals surface area contributed by atoms with Crippen LogP contribution in [0.15, 0.2) is 53.5 Å². The molecule has 0 saturated heterocycles. The number of para-hydroxylation sites is 1. The van der Waals surface area contributed by atoms with E-state index in [1.165, 1.54) is 11.1 Å². The summed E-state index contributed by atoms with van der Waals surface area (Å²) in [5.41, 5.74) is 10.5. The molecule has 2 rings (SSSR count). The van der Waals surface area contributed by atoms with Gasteiger partial charge in [-0.3, -0.25) is 4.99 Å². The van der Waals surface area contributed by atoms with Crippen LogP contribution >= 0.6 is 0 Å². The van der Waals surface area contributed by atoms with E-state index in [1.54, 1.807) is 7.11 Å². The molecule has 116 valence electrons. The Morgan fingerprint density at radius 1 is 1.14 bits per heavy atom. The summed E-state index contributed by atoms with van der Waals surface area (Å²) >= 11 is 0. The van der Waals surface area contributed by atoms with Gasteiger partial charge in [-0.2, -0.15) is 0 Å². The van der Waals surface area contributed by atoms with Gasteiger partial charge in [0.2, 0.25) is 0 Å². The molecule has 0 unspecified atom stereocenters. The highest BCUT2D eigenvalue weighted by Gasteiger charge is 2.02. The number of hydrogen-bond acceptors (Lipinski definition) is 2. The highest BCUT2D eigenvalue weighted by atomic mass is 16.5. The molecule has 0 atom stereocenters. The summed E-state index contributed by atoms with van der Waals surface area (Å²) in [5.74, 6) is 0.427. The minimum absolute atomic E-state index is 0.427. The zero-order chi connectivity index (χ0) is 15.8. The third-order valence-corrected chi connectivity index (χ3v) is 3.38. The fourth-order valence-electron chi connectivity index (χ4n) is 2.16. The predicted octanol–water partition coefficient (Wildman–Crippen LogP) is 3.11. The van der Waals surface area contributed by atoms with Crippen molar-refractivity contribution in [1.29, 1.82) is 0 Å². The molecule has 4 nitrogen and oxygen atoms in total. The number of aliphatic imine (C=N–C) groups is 1.